The van der Waals surface area contributed by atoms with E-state index in [1.165, 1.54) is 25.0 Å². The van der Waals surface area contributed by atoms with Crippen LogP contribution in [-0.2, 0) is 7.05 Å². The summed E-state index contributed by atoms with van der Waals surface area (Å²) in [4.78, 5) is 15.0. The highest BCUT2D eigenvalue weighted by molar-refractivity contribution is 7.99. The van der Waals surface area contributed by atoms with Gasteiger partial charge in [-0.3, -0.25) is 4.79 Å². The molecule has 0 unspecified atom stereocenters. The van der Waals surface area contributed by atoms with Gasteiger partial charge in [0.05, 0.1) is 0 Å². The number of Topliss-reactive ketones (excluding diaryl/α,β-unsaturated/α-hetero) is 1. The first-order chi connectivity index (χ1) is 7.16. The molecular weight excluding hydrogens is 214 g/mol. The Morgan fingerprint density at radius 3 is 2.87 bits per heavy atom. The molecule has 0 bridgehead atoms. The van der Waals surface area contributed by atoms with Crippen molar-refractivity contribution in [3.05, 3.63) is 24.2 Å². The second kappa shape index (κ2) is 3.90. The maximum Gasteiger partial charge on any atom is 0.194 e. The average Bonchev–Trinajstić information content (AvgIpc) is 2.77. The van der Waals surface area contributed by atoms with Crippen LogP contribution in [0, 0.1) is 0 Å². The number of carbonyl (C=O) groups is 1. The maximum absolute atomic E-state index is 11.0. The average molecular weight is 223 g/mol. The van der Waals surface area contributed by atoms with Crippen molar-refractivity contribution in [1.82, 2.24) is 14.8 Å². The van der Waals surface area contributed by atoms with Crippen LogP contribution in [0.15, 0.2) is 33.1 Å². The molecule has 0 N–H and O–H groups in total. The molecule has 0 radical (unpaired) electrons. The van der Waals surface area contributed by atoms with Gasteiger partial charge in [-0.1, -0.05) is 0 Å². The predicted octanol–water partition coefficient (Wildman–Crippen LogP) is 1.76. The molecule has 0 amide bonds. The number of aryl methyl sites for hydroxylation is 1. The monoisotopic (exact) mass is 223 g/mol. The Hall–Kier alpha value is -1.56. The smallest absolute Gasteiger partial charge is 0.194 e. The molecular formula is C9H9N3O2S. The molecule has 0 atom stereocenters. The van der Waals surface area contributed by atoms with Gasteiger partial charge in [0.2, 0.25) is 0 Å². The van der Waals surface area contributed by atoms with Gasteiger partial charge in [0.1, 0.15) is 6.33 Å². The molecule has 0 aromatic carbocycles. The number of ketones is 1. The molecule has 5 nitrogen and oxygen atoms in total. The highest BCUT2D eigenvalue weighted by Gasteiger charge is 2.09. The SMILES string of the molecule is CC(=O)c1ccc(Sc2ncnn2C)o1. The summed E-state index contributed by atoms with van der Waals surface area (Å²) in [6, 6.07) is 3.40. The lowest BCUT2D eigenvalue weighted by Crippen LogP contribution is -1.91. The predicted molar refractivity (Wildman–Crippen MR) is 53.8 cm³/mol. The van der Waals surface area contributed by atoms with Gasteiger partial charge in [-0.05, 0) is 23.9 Å². The van der Waals surface area contributed by atoms with Crippen LogP contribution in [0.2, 0.25) is 0 Å². The van der Waals surface area contributed by atoms with Crippen molar-refractivity contribution < 1.29 is 9.21 Å². The Morgan fingerprint density at radius 2 is 2.33 bits per heavy atom. The lowest BCUT2D eigenvalue weighted by molar-refractivity contribution is 0.0982. The molecule has 0 spiro atoms. The third-order valence-electron chi connectivity index (χ3n) is 1.79. The summed E-state index contributed by atoms with van der Waals surface area (Å²) in [6.07, 6.45) is 1.47. The van der Waals surface area contributed by atoms with E-state index in [0.717, 1.165) is 5.16 Å². The van der Waals surface area contributed by atoms with Crippen LogP contribution in [-0.4, -0.2) is 20.5 Å². The normalized spacial score (nSPS) is 10.5. The van der Waals surface area contributed by atoms with Gasteiger partial charge >= 0.3 is 0 Å². The van der Waals surface area contributed by atoms with Gasteiger partial charge in [0.15, 0.2) is 21.8 Å². The molecule has 78 valence electrons. The molecule has 15 heavy (non-hydrogen) atoms. The topological polar surface area (TPSA) is 60.9 Å². The largest absolute Gasteiger partial charge is 0.446 e. The summed E-state index contributed by atoms with van der Waals surface area (Å²) in [5, 5.41) is 5.29. The van der Waals surface area contributed by atoms with E-state index >= 15 is 0 Å². The Bertz CT molecular complexity index is 489. The first-order valence-corrected chi connectivity index (χ1v) is 5.11. The van der Waals surface area contributed by atoms with Crippen LogP contribution in [0.3, 0.4) is 0 Å². The third kappa shape index (κ3) is 2.10. The summed E-state index contributed by atoms with van der Waals surface area (Å²) < 4.78 is 6.95. The highest BCUT2D eigenvalue weighted by Crippen LogP contribution is 2.26. The zero-order valence-electron chi connectivity index (χ0n) is 8.30. The summed E-state index contributed by atoms with van der Waals surface area (Å²) >= 11 is 1.33. The fourth-order valence-corrected chi connectivity index (χ4v) is 1.76. The van der Waals surface area contributed by atoms with E-state index in [4.69, 9.17) is 4.42 Å². The third-order valence-corrected chi connectivity index (χ3v) is 2.76. The van der Waals surface area contributed by atoms with E-state index in [1.807, 2.05) is 0 Å². The number of aromatic nitrogens is 3. The number of furan rings is 1. The summed E-state index contributed by atoms with van der Waals surface area (Å²) in [5.74, 6) is 0.277. The van der Waals surface area contributed by atoms with Gasteiger partial charge in [-0.15, -0.1) is 0 Å². The van der Waals surface area contributed by atoms with Crippen molar-refractivity contribution in [1.29, 1.82) is 0 Å². The lowest BCUT2D eigenvalue weighted by Gasteiger charge is -1.95. The second-order valence-corrected chi connectivity index (χ2v) is 3.91. The molecule has 0 fully saturated rings. The van der Waals surface area contributed by atoms with E-state index in [-0.39, 0.29) is 5.78 Å². The van der Waals surface area contributed by atoms with Gasteiger partial charge in [0, 0.05) is 14.0 Å². The van der Waals surface area contributed by atoms with E-state index in [1.54, 1.807) is 23.9 Å². The zero-order chi connectivity index (χ0) is 10.8. The van der Waals surface area contributed by atoms with E-state index in [9.17, 15) is 4.79 Å². The molecule has 2 aromatic heterocycles. The minimum atomic E-state index is -0.0835. The van der Waals surface area contributed by atoms with Crippen LogP contribution in [0.25, 0.3) is 0 Å². The molecule has 0 aliphatic carbocycles. The molecule has 6 heteroatoms. The van der Waals surface area contributed by atoms with Crippen molar-refractivity contribution >= 4 is 17.5 Å². The van der Waals surface area contributed by atoms with Crippen molar-refractivity contribution in [3.8, 4) is 0 Å². The quantitative estimate of drug-likeness (QED) is 0.742. The summed E-state index contributed by atoms with van der Waals surface area (Å²) in [7, 11) is 1.80. The number of carbonyl (C=O) groups excluding carboxylic acids is 1. The first-order valence-electron chi connectivity index (χ1n) is 4.29. The molecule has 2 heterocycles. The van der Waals surface area contributed by atoms with Crippen LogP contribution >= 0.6 is 11.8 Å². The first kappa shape index (κ1) is 9.97. The van der Waals surface area contributed by atoms with Gasteiger partial charge in [-0.2, -0.15) is 5.10 Å². The van der Waals surface area contributed by atoms with Crippen molar-refractivity contribution in [2.75, 3.05) is 0 Å². The lowest BCUT2D eigenvalue weighted by atomic mass is 10.3. The maximum atomic E-state index is 11.0. The number of nitrogens with zero attached hydrogens (tertiary/aromatic N) is 3. The molecule has 2 rings (SSSR count). The van der Waals surface area contributed by atoms with E-state index in [2.05, 4.69) is 10.1 Å². The standard InChI is InChI=1S/C9H9N3O2S/c1-6(13)7-3-4-8(14-7)15-9-10-5-11-12(9)2/h3-5H,1-2H3. The van der Waals surface area contributed by atoms with Crippen molar-refractivity contribution in [2.24, 2.45) is 7.05 Å². The van der Waals surface area contributed by atoms with Gasteiger partial charge in [-0.25, -0.2) is 9.67 Å². The Balaban J connectivity index is 2.18. The second-order valence-electron chi connectivity index (χ2n) is 2.94. The Morgan fingerprint density at radius 1 is 1.53 bits per heavy atom. The van der Waals surface area contributed by atoms with E-state index < -0.39 is 0 Å². The van der Waals surface area contributed by atoms with Crippen molar-refractivity contribution in [3.63, 3.8) is 0 Å². The molecule has 0 saturated carbocycles. The Kier molecular flexibility index (Phi) is 2.59. The molecule has 0 aliphatic rings. The fourth-order valence-electron chi connectivity index (χ4n) is 1.03. The van der Waals surface area contributed by atoms with E-state index in [0.29, 0.717) is 10.9 Å². The number of hydrogen-bond donors (Lipinski definition) is 0. The molecule has 0 aliphatic heterocycles. The molecule has 0 saturated heterocycles. The van der Waals surface area contributed by atoms with Gasteiger partial charge in [0.25, 0.3) is 0 Å². The van der Waals surface area contributed by atoms with Crippen LogP contribution < -0.4 is 0 Å². The van der Waals surface area contributed by atoms with Crippen LogP contribution in [0.4, 0.5) is 0 Å². The number of rotatable bonds is 3. The van der Waals surface area contributed by atoms with Crippen LogP contribution in [0.1, 0.15) is 17.5 Å². The molecule has 2 aromatic rings. The minimum absolute atomic E-state index is 0.0835. The van der Waals surface area contributed by atoms with Gasteiger partial charge < -0.3 is 4.42 Å². The Labute approximate surface area is 90.5 Å². The highest BCUT2D eigenvalue weighted by atomic mass is 32.2. The van der Waals surface area contributed by atoms with Crippen molar-refractivity contribution in [2.45, 2.75) is 17.2 Å². The summed E-state index contributed by atoms with van der Waals surface area (Å²) in [6.45, 7) is 1.47. The zero-order valence-corrected chi connectivity index (χ0v) is 9.11. The fraction of sp³-hybridized carbons (Fsp3) is 0.222. The van der Waals surface area contributed by atoms with Crippen LogP contribution in [0.5, 0.6) is 0 Å². The number of hydrogen-bond acceptors (Lipinski definition) is 5. The summed E-state index contributed by atoms with van der Waals surface area (Å²) in [5.41, 5.74) is 0. The minimum Gasteiger partial charge on any atom is -0.446 e.